The van der Waals surface area contributed by atoms with Crippen LogP contribution in [0.2, 0.25) is 0 Å². The first-order valence-corrected chi connectivity index (χ1v) is 6.01. The first kappa shape index (κ1) is 15.2. The molecule has 3 atom stereocenters. The van der Waals surface area contributed by atoms with Gasteiger partial charge in [0.2, 0.25) is 5.91 Å². The lowest BCUT2D eigenvalue weighted by Gasteiger charge is -2.26. The largest absolute Gasteiger partial charge is 0.480 e. The minimum atomic E-state index is -1.19. The van der Waals surface area contributed by atoms with E-state index in [1.165, 1.54) is 0 Å². The molecule has 0 radical (unpaired) electrons. The van der Waals surface area contributed by atoms with E-state index in [1.807, 2.05) is 0 Å². The first-order chi connectivity index (χ1) is 8.73. The lowest BCUT2D eigenvalue weighted by molar-refractivity contribution is -0.141. The van der Waals surface area contributed by atoms with Gasteiger partial charge in [-0.15, -0.1) is 0 Å². The molecule has 5 N–H and O–H groups in total. The third-order valence-corrected chi connectivity index (χ3v) is 3.08. The van der Waals surface area contributed by atoms with E-state index in [4.69, 9.17) is 10.8 Å². The Balaban J connectivity index is 2.76. The number of amides is 3. The fraction of sp³-hybridized carbons (Fsp3) is 0.727. The van der Waals surface area contributed by atoms with Crippen LogP contribution in [-0.2, 0) is 9.59 Å². The molecule has 1 heterocycles. The molecule has 0 saturated carbocycles. The summed E-state index contributed by atoms with van der Waals surface area (Å²) in [6.07, 6.45) is -0.899. The topological polar surface area (TPSA) is 133 Å². The smallest absolute Gasteiger partial charge is 0.326 e. The Labute approximate surface area is 110 Å². The van der Waals surface area contributed by atoms with Crippen LogP contribution in [-0.4, -0.2) is 57.8 Å². The molecule has 8 nitrogen and oxygen atoms in total. The Bertz CT molecular complexity index is 385. The van der Waals surface area contributed by atoms with Crippen molar-refractivity contribution in [2.45, 2.75) is 38.5 Å². The van der Waals surface area contributed by atoms with Gasteiger partial charge in [-0.2, -0.15) is 0 Å². The molecule has 0 aromatic carbocycles. The lowest BCUT2D eigenvalue weighted by atomic mass is 10.0. The maximum absolute atomic E-state index is 12.0. The van der Waals surface area contributed by atoms with Gasteiger partial charge in [-0.1, -0.05) is 13.8 Å². The summed E-state index contributed by atoms with van der Waals surface area (Å²) < 4.78 is 0. The molecule has 0 aromatic rings. The fourth-order valence-corrected chi connectivity index (χ4v) is 2.05. The van der Waals surface area contributed by atoms with Crippen molar-refractivity contribution >= 4 is 17.9 Å². The van der Waals surface area contributed by atoms with Gasteiger partial charge < -0.3 is 26.2 Å². The summed E-state index contributed by atoms with van der Waals surface area (Å²) in [6.45, 7) is 3.35. The van der Waals surface area contributed by atoms with Gasteiger partial charge in [-0.3, -0.25) is 4.79 Å². The van der Waals surface area contributed by atoms with Crippen molar-refractivity contribution in [1.82, 2.24) is 10.2 Å². The Kier molecular flexibility index (Phi) is 4.71. The second kappa shape index (κ2) is 5.87. The van der Waals surface area contributed by atoms with E-state index in [-0.39, 0.29) is 18.9 Å². The van der Waals surface area contributed by atoms with Gasteiger partial charge in [0.15, 0.2) is 0 Å². The summed E-state index contributed by atoms with van der Waals surface area (Å²) in [5, 5.41) is 20.8. The van der Waals surface area contributed by atoms with E-state index in [0.717, 1.165) is 4.90 Å². The number of nitrogens with one attached hydrogen (secondary N) is 1. The maximum Gasteiger partial charge on any atom is 0.326 e. The summed E-state index contributed by atoms with van der Waals surface area (Å²) in [5.74, 6) is -2.08. The van der Waals surface area contributed by atoms with Gasteiger partial charge in [0.05, 0.1) is 6.10 Å². The highest BCUT2D eigenvalue weighted by Gasteiger charge is 2.40. The van der Waals surface area contributed by atoms with Crippen LogP contribution in [0, 0.1) is 5.92 Å². The second-order valence-corrected chi connectivity index (χ2v) is 4.97. The normalized spacial score (nSPS) is 24.3. The van der Waals surface area contributed by atoms with Crippen molar-refractivity contribution in [2.75, 3.05) is 6.54 Å². The minimum absolute atomic E-state index is 0.0222. The molecule has 8 heteroatoms. The second-order valence-electron chi connectivity index (χ2n) is 4.97. The highest BCUT2D eigenvalue weighted by atomic mass is 16.4. The minimum Gasteiger partial charge on any atom is -0.480 e. The van der Waals surface area contributed by atoms with Gasteiger partial charge in [-0.05, 0) is 5.92 Å². The summed E-state index contributed by atoms with van der Waals surface area (Å²) in [5.41, 5.74) is 5.17. The molecule has 19 heavy (non-hydrogen) atoms. The number of hydrogen-bond acceptors (Lipinski definition) is 4. The number of aliphatic hydroxyl groups is 1. The van der Waals surface area contributed by atoms with Crippen LogP contribution < -0.4 is 11.1 Å². The molecular weight excluding hydrogens is 254 g/mol. The highest BCUT2D eigenvalue weighted by Crippen LogP contribution is 2.18. The van der Waals surface area contributed by atoms with E-state index in [1.54, 1.807) is 13.8 Å². The highest BCUT2D eigenvalue weighted by molar-refractivity contribution is 5.88. The SMILES string of the molecule is CC(C)C(NC(=O)N1CC(O)CC1C(=O)O)C(N)=O. The third kappa shape index (κ3) is 3.57. The lowest BCUT2D eigenvalue weighted by Crippen LogP contribution is -2.54. The van der Waals surface area contributed by atoms with Crippen molar-refractivity contribution < 1.29 is 24.6 Å². The number of aliphatic hydroxyl groups excluding tert-OH is 1. The Morgan fingerprint density at radius 3 is 2.37 bits per heavy atom. The van der Waals surface area contributed by atoms with Crippen LogP contribution >= 0.6 is 0 Å². The average molecular weight is 273 g/mol. The monoisotopic (exact) mass is 273 g/mol. The zero-order valence-corrected chi connectivity index (χ0v) is 10.9. The summed E-state index contributed by atoms with van der Waals surface area (Å²) in [7, 11) is 0. The van der Waals surface area contributed by atoms with Crippen molar-refractivity contribution in [3.63, 3.8) is 0 Å². The number of carbonyl (C=O) groups is 3. The number of primary amides is 1. The summed E-state index contributed by atoms with van der Waals surface area (Å²) in [4.78, 5) is 35.1. The number of carboxylic acids is 1. The first-order valence-electron chi connectivity index (χ1n) is 6.01. The standard InChI is InChI=1S/C11H19N3O5/c1-5(2)8(9(12)16)13-11(19)14-4-6(15)3-7(14)10(17)18/h5-8,15H,3-4H2,1-2H3,(H2,12,16)(H,13,19)(H,17,18). The molecule has 0 aromatic heterocycles. The summed E-state index contributed by atoms with van der Waals surface area (Å²) >= 11 is 0. The molecule has 0 bridgehead atoms. The Morgan fingerprint density at radius 2 is 1.95 bits per heavy atom. The van der Waals surface area contributed by atoms with Gasteiger partial charge in [0.25, 0.3) is 0 Å². The van der Waals surface area contributed by atoms with E-state index >= 15 is 0 Å². The van der Waals surface area contributed by atoms with Gasteiger partial charge in [0, 0.05) is 13.0 Å². The third-order valence-electron chi connectivity index (χ3n) is 3.08. The number of likely N-dealkylation sites (tertiary alicyclic amines) is 1. The van der Waals surface area contributed by atoms with E-state index in [0.29, 0.717) is 0 Å². The maximum atomic E-state index is 12.0. The van der Waals surface area contributed by atoms with Crippen molar-refractivity contribution in [3.05, 3.63) is 0 Å². The van der Waals surface area contributed by atoms with Crippen molar-refractivity contribution in [2.24, 2.45) is 11.7 Å². The van der Waals surface area contributed by atoms with Crippen LogP contribution in [0.5, 0.6) is 0 Å². The van der Waals surface area contributed by atoms with Gasteiger partial charge >= 0.3 is 12.0 Å². The molecule has 1 rings (SSSR count). The average Bonchev–Trinajstić information content (AvgIpc) is 2.67. The van der Waals surface area contributed by atoms with Gasteiger partial charge in [0.1, 0.15) is 12.1 Å². The number of urea groups is 1. The molecule has 3 amide bonds. The molecule has 3 unspecified atom stereocenters. The van der Waals surface area contributed by atoms with Crippen LogP contribution in [0.3, 0.4) is 0 Å². The number of β-amino-alcohol motifs (C(OH)–C–C–N with tert-alkyl or cyclic N) is 1. The number of rotatable bonds is 4. The quantitative estimate of drug-likeness (QED) is 0.506. The molecule has 108 valence electrons. The summed E-state index contributed by atoms with van der Waals surface area (Å²) in [6, 6.07) is -2.67. The molecule has 1 aliphatic rings. The van der Waals surface area contributed by atoms with Crippen LogP contribution in [0.25, 0.3) is 0 Å². The van der Waals surface area contributed by atoms with Gasteiger partial charge in [-0.25, -0.2) is 9.59 Å². The number of aliphatic carboxylic acids is 1. The fourth-order valence-electron chi connectivity index (χ4n) is 2.05. The van der Waals surface area contributed by atoms with Crippen LogP contribution in [0.4, 0.5) is 4.79 Å². The Hall–Kier alpha value is -1.83. The zero-order chi connectivity index (χ0) is 14.7. The van der Waals surface area contributed by atoms with E-state index in [2.05, 4.69) is 5.32 Å². The zero-order valence-electron chi connectivity index (χ0n) is 10.9. The molecule has 1 saturated heterocycles. The number of carboxylic acid groups (broad SMARTS) is 1. The number of hydrogen-bond donors (Lipinski definition) is 4. The van der Waals surface area contributed by atoms with Crippen molar-refractivity contribution in [3.8, 4) is 0 Å². The van der Waals surface area contributed by atoms with E-state index < -0.39 is 36.1 Å². The molecule has 1 aliphatic heterocycles. The molecular formula is C11H19N3O5. The predicted octanol–water partition coefficient (Wildman–Crippen LogP) is -1.27. The van der Waals surface area contributed by atoms with Crippen molar-refractivity contribution in [1.29, 1.82) is 0 Å². The molecule has 0 spiro atoms. The number of carbonyl (C=O) groups excluding carboxylic acids is 2. The number of nitrogens with zero attached hydrogens (tertiary/aromatic N) is 1. The molecule has 0 aliphatic carbocycles. The number of nitrogens with two attached hydrogens (primary N) is 1. The van der Waals surface area contributed by atoms with E-state index in [9.17, 15) is 19.5 Å². The Morgan fingerprint density at radius 1 is 1.37 bits per heavy atom. The predicted molar refractivity (Wildman–Crippen MR) is 65.1 cm³/mol. The van der Waals surface area contributed by atoms with Crippen LogP contribution in [0.15, 0.2) is 0 Å². The molecule has 1 fully saturated rings. The van der Waals surface area contributed by atoms with Crippen LogP contribution in [0.1, 0.15) is 20.3 Å².